The van der Waals surface area contributed by atoms with Gasteiger partial charge >= 0.3 is 6.09 Å². The fraction of sp³-hybridized carbons (Fsp3) is 0.649. The Labute approximate surface area is 299 Å². The van der Waals surface area contributed by atoms with Gasteiger partial charge in [-0.3, -0.25) is 23.7 Å². The van der Waals surface area contributed by atoms with E-state index in [4.69, 9.17) is 14.5 Å². The number of carbonyl (C=O) groups is 4. The molecule has 2 spiro atoms. The van der Waals surface area contributed by atoms with Gasteiger partial charge in [0.1, 0.15) is 17.7 Å². The number of ether oxygens (including phenoxy) is 2. The second-order valence-electron chi connectivity index (χ2n) is 16.8. The number of para-hydroxylation sites is 2. The molecule has 1 saturated heterocycles. The summed E-state index contributed by atoms with van der Waals surface area (Å²) in [6.45, 7) is 12.9. The van der Waals surface area contributed by atoms with Crippen LogP contribution in [-0.4, -0.2) is 81.6 Å². The molecule has 3 amide bonds. The molecule has 14 heteroatoms. The Kier molecular flexibility index (Phi) is 9.34. The fourth-order valence-corrected chi connectivity index (χ4v) is 9.21. The number of imidazole rings is 1. The Morgan fingerprint density at radius 3 is 2.45 bits per heavy atom. The summed E-state index contributed by atoms with van der Waals surface area (Å²) in [7, 11) is -4.05. The van der Waals surface area contributed by atoms with Crippen molar-refractivity contribution in [2.45, 2.75) is 128 Å². The highest BCUT2D eigenvalue weighted by molar-refractivity contribution is 7.91. The zero-order chi connectivity index (χ0) is 37.1. The topological polar surface area (TPSA) is 166 Å². The Morgan fingerprint density at radius 2 is 1.82 bits per heavy atom. The lowest BCUT2D eigenvalue weighted by Crippen LogP contribution is -2.57. The molecule has 5 atom stereocenters. The normalized spacial score (nSPS) is 28.7. The first kappa shape index (κ1) is 36.8. The van der Waals surface area contributed by atoms with Crippen LogP contribution in [0.25, 0.3) is 11.0 Å². The monoisotopic (exact) mass is 725 g/mol. The highest BCUT2D eigenvalue weighted by atomic mass is 32.2. The number of sulfonamides is 1. The minimum absolute atomic E-state index is 0.0319. The number of rotatable bonds is 3. The van der Waals surface area contributed by atoms with Crippen molar-refractivity contribution >= 4 is 44.7 Å². The van der Waals surface area contributed by atoms with Crippen molar-refractivity contribution in [1.29, 1.82) is 0 Å². The van der Waals surface area contributed by atoms with Gasteiger partial charge in [-0.05, 0) is 69.9 Å². The molecular formula is C37H51N5O8S. The van der Waals surface area contributed by atoms with Crippen molar-refractivity contribution in [3.63, 3.8) is 0 Å². The third-order valence-corrected chi connectivity index (χ3v) is 13.0. The van der Waals surface area contributed by atoms with Crippen LogP contribution in [0.4, 0.5) is 4.79 Å². The van der Waals surface area contributed by atoms with Crippen molar-refractivity contribution in [2.24, 2.45) is 16.7 Å². The summed E-state index contributed by atoms with van der Waals surface area (Å²) in [5, 5.41) is 2.75. The summed E-state index contributed by atoms with van der Waals surface area (Å²) in [5.41, 5.74) is -1.26. The van der Waals surface area contributed by atoms with Crippen molar-refractivity contribution in [3.8, 4) is 6.01 Å². The molecule has 2 bridgehead atoms. The summed E-state index contributed by atoms with van der Waals surface area (Å²) in [6, 6.07) is 5.82. The number of benzene rings is 1. The lowest BCUT2D eigenvalue weighted by Gasteiger charge is -2.36. The maximum Gasteiger partial charge on any atom is 0.408 e. The van der Waals surface area contributed by atoms with Crippen LogP contribution in [-0.2, 0) is 35.7 Å². The van der Waals surface area contributed by atoms with Gasteiger partial charge in [0.15, 0.2) is 5.78 Å². The zero-order valence-corrected chi connectivity index (χ0v) is 31.5. The Bertz CT molecular complexity index is 1870. The van der Waals surface area contributed by atoms with Gasteiger partial charge in [0.2, 0.25) is 21.8 Å². The van der Waals surface area contributed by atoms with E-state index in [-0.39, 0.29) is 37.5 Å². The van der Waals surface area contributed by atoms with Crippen LogP contribution in [0.1, 0.15) is 93.4 Å². The summed E-state index contributed by atoms with van der Waals surface area (Å²) in [6.07, 6.45) is 4.28. The van der Waals surface area contributed by atoms with E-state index in [2.05, 4.69) is 10.0 Å². The molecule has 4 aliphatic rings. The van der Waals surface area contributed by atoms with Crippen LogP contribution in [0.2, 0.25) is 0 Å². The lowest BCUT2D eigenvalue weighted by molar-refractivity contribution is -0.142. The molecule has 0 unspecified atom stereocenters. The van der Waals surface area contributed by atoms with E-state index in [1.807, 2.05) is 68.7 Å². The number of nitrogens with zero attached hydrogens (tertiary/aromatic N) is 3. The maximum atomic E-state index is 14.5. The number of carbonyl (C=O) groups excluding carboxylic acids is 4. The Balaban J connectivity index is 1.39. The maximum absolute atomic E-state index is 14.5. The molecule has 2 aliphatic heterocycles. The molecule has 1 aromatic carbocycles. The van der Waals surface area contributed by atoms with Gasteiger partial charge in [0.05, 0.1) is 33.8 Å². The molecular weight excluding hydrogens is 675 g/mol. The minimum Gasteiger partial charge on any atom is -0.459 e. The number of ketones is 1. The molecule has 6 rings (SSSR count). The third kappa shape index (κ3) is 7.25. The average molecular weight is 726 g/mol. The van der Waals surface area contributed by atoms with Gasteiger partial charge in [-0.15, -0.1) is 0 Å². The number of alkyl carbamates (subject to hydrolysis) is 1. The second-order valence-corrected chi connectivity index (χ2v) is 18.9. The molecule has 278 valence electrons. The van der Waals surface area contributed by atoms with Crippen LogP contribution < -0.4 is 14.8 Å². The summed E-state index contributed by atoms with van der Waals surface area (Å²) < 4.78 is 42.6. The Morgan fingerprint density at radius 1 is 1.12 bits per heavy atom. The van der Waals surface area contributed by atoms with E-state index in [0.29, 0.717) is 43.8 Å². The van der Waals surface area contributed by atoms with Gasteiger partial charge in [-0.2, -0.15) is 4.98 Å². The number of fused-ring (bicyclic) bond motifs is 5. The number of hydrogen-bond acceptors (Lipinski definition) is 9. The quantitative estimate of drug-likeness (QED) is 0.429. The number of likely N-dealkylation sites (tertiary alicyclic amines) is 1. The second kappa shape index (κ2) is 12.9. The van der Waals surface area contributed by atoms with Crippen LogP contribution in [0.15, 0.2) is 36.4 Å². The number of Topliss-reactive ketones (excluding diaryl/α,β-unsaturated/α-hetero) is 1. The van der Waals surface area contributed by atoms with Gasteiger partial charge in [-0.1, -0.05) is 58.4 Å². The Hall–Kier alpha value is -3.94. The lowest BCUT2D eigenvalue weighted by atomic mass is 9.85. The van der Waals surface area contributed by atoms with Gasteiger partial charge in [0.25, 0.3) is 6.01 Å². The van der Waals surface area contributed by atoms with E-state index in [1.165, 1.54) is 4.90 Å². The number of aromatic nitrogens is 2. The fourth-order valence-electron chi connectivity index (χ4n) is 7.59. The predicted molar refractivity (Wildman–Crippen MR) is 190 cm³/mol. The predicted octanol–water partition coefficient (Wildman–Crippen LogP) is 4.64. The number of hydrogen-bond donors (Lipinski definition) is 2. The van der Waals surface area contributed by atoms with E-state index in [9.17, 15) is 27.6 Å². The summed E-state index contributed by atoms with van der Waals surface area (Å²) >= 11 is 0. The average Bonchev–Trinajstić information content (AvgIpc) is 3.89. The van der Waals surface area contributed by atoms with E-state index in [0.717, 1.165) is 5.52 Å². The highest BCUT2D eigenvalue weighted by Crippen LogP contribution is 2.58. The van der Waals surface area contributed by atoms with Crippen LogP contribution >= 0.6 is 0 Å². The van der Waals surface area contributed by atoms with Crippen molar-refractivity contribution in [2.75, 3.05) is 6.54 Å². The number of amides is 3. The van der Waals surface area contributed by atoms with E-state index < -0.39 is 67.3 Å². The minimum atomic E-state index is -4.05. The largest absolute Gasteiger partial charge is 0.459 e. The number of allylic oxidation sites excluding steroid dienone is 2. The third-order valence-electron chi connectivity index (χ3n) is 10.8. The zero-order valence-electron chi connectivity index (χ0n) is 30.7. The first-order valence-corrected chi connectivity index (χ1v) is 19.4. The van der Waals surface area contributed by atoms with Crippen molar-refractivity contribution < 1.29 is 37.1 Å². The molecule has 2 aromatic rings. The molecule has 3 fully saturated rings. The van der Waals surface area contributed by atoms with E-state index >= 15 is 0 Å². The van der Waals surface area contributed by atoms with E-state index in [1.54, 1.807) is 20.8 Å². The first-order chi connectivity index (χ1) is 23.8. The highest BCUT2D eigenvalue weighted by Gasteiger charge is 2.63. The van der Waals surface area contributed by atoms with Crippen LogP contribution in [0, 0.1) is 16.7 Å². The molecule has 2 N–H and O–H groups in total. The molecule has 13 nitrogen and oxygen atoms in total. The van der Waals surface area contributed by atoms with Crippen molar-refractivity contribution in [3.05, 3.63) is 36.4 Å². The molecule has 1 aromatic heterocycles. The van der Waals surface area contributed by atoms with Crippen LogP contribution in [0.5, 0.6) is 6.01 Å². The van der Waals surface area contributed by atoms with Gasteiger partial charge in [0, 0.05) is 19.4 Å². The van der Waals surface area contributed by atoms with Crippen LogP contribution in [0.3, 0.4) is 0 Å². The first-order valence-electron chi connectivity index (χ1n) is 18.0. The molecule has 51 heavy (non-hydrogen) atoms. The SMILES string of the molecule is CC[C@@H]1C[C@@]12CC(=O)[C@@H]1C[C@H](CN1C(=O)[C@@H](NC(=O)OC(C)(C)C)C(C)(C)C)Oc1nc3ccccc3n1C/C=C\CC1(CC1)S(=O)(=O)NC2=O. The molecule has 2 saturated carbocycles. The molecule has 2 aliphatic carbocycles. The smallest absolute Gasteiger partial charge is 0.408 e. The number of nitrogens with one attached hydrogen (secondary N) is 2. The summed E-state index contributed by atoms with van der Waals surface area (Å²) in [5.74, 6) is -1.68. The van der Waals surface area contributed by atoms with Gasteiger partial charge in [-0.25, -0.2) is 13.2 Å². The molecule has 0 radical (unpaired) electrons. The van der Waals surface area contributed by atoms with Gasteiger partial charge < -0.3 is 19.7 Å². The van der Waals surface area contributed by atoms with Crippen molar-refractivity contribution in [1.82, 2.24) is 24.5 Å². The summed E-state index contributed by atoms with van der Waals surface area (Å²) in [4.78, 5) is 62.0. The molecule has 3 heterocycles. The standard InChI is InChI=1S/C37H51N5O8S/c1-8-23-20-37(23)21-28(43)27-19-24(22-42(27)30(44)29(34(2,3)4)39-33(46)50-35(5,6)7)49-32-38-25-13-9-10-14-26(25)41(32)18-12-11-15-36(16-17-36)51(47,48)40-31(37)45/h9-14,23-24,27,29H,8,15-22H2,1-7H3,(H,39,46)(H,40,45)/b12-11-/t23-,24-,27+,29-,37-/m1/s1.